The number of fused-ring (bicyclic) bond motifs is 8. The summed E-state index contributed by atoms with van der Waals surface area (Å²) in [6, 6.07) is 37.7. The summed E-state index contributed by atoms with van der Waals surface area (Å²) < 4.78 is 0. The number of aromatic nitrogens is 4. The van der Waals surface area contributed by atoms with E-state index >= 15 is 0 Å². The molecule has 0 atom stereocenters. The van der Waals surface area contributed by atoms with E-state index in [1.165, 1.54) is 0 Å². The Morgan fingerprint density at radius 2 is 0.892 bits per heavy atom. The molecule has 4 nitrogen and oxygen atoms in total. The van der Waals surface area contributed by atoms with Crippen molar-refractivity contribution in [1.29, 1.82) is 0 Å². The van der Waals surface area contributed by atoms with Gasteiger partial charge in [-0.15, -0.1) is 0 Å². The van der Waals surface area contributed by atoms with Gasteiger partial charge in [0, 0.05) is 50.3 Å². The van der Waals surface area contributed by atoms with E-state index in [4.69, 9.17) is 9.97 Å². The van der Waals surface area contributed by atoms with Crippen molar-refractivity contribution in [3.63, 3.8) is 0 Å². The monoisotopic (exact) mass is 517 g/mol. The van der Waals surface area contributed by atoms with Gasteiger partial charge in [0.15, 0.2) is 0 Å². The average molecular weight is 517 g/mol. The zero-order chi connectivity index (χ0) is 23.9. The molecule has 0 unspecified atom stereocenters. The molecule has 0 saturated carbocycles. The Bertz CT molecular complexity index is 1830. The molecule has 0 spiro atoms. The molecule has 1 radical (unpaired) electrons. The van der Waals surface area contributed by atoms with Gasteiger partial charge in [-0.05, 0) is 71.8 Å². The van der Waals surface area contributed by atoms with Crippen LogP contribution in [0.1, 0.15) is 33.9 Å². The summed E-state index contributed by atoms with van der Waals surface area (Å²) in [5.41, 5.74) is 12.2. The molecule has 2 aliphatic rings. The van der Waals surface area contributed by atoms with Gasteiger partial charge in [0.2, 0.25) is 0 Å². The smallest absolute Gasteiger partial charge is 0.0744 e. The number of nitrogens with one attached hydrogen (secondary N) is 2. The van der Waals surface area contributed by atoms with Crippen LogP contribution < -0.4 is 0 Å². The van der Waals surface area contributed by atoms with Crippen molar-refractivity contribution in [3.8, 4) is 0 Å². The van der Waals surface area contributed by atoms with E-state index in [1.54, 1.807) is 0 Å². The van der Waals surface area contributed by atoms with Crippen LogP contribution in [0.3, 0.4) is 0 Å². The number of H-pyrrole nitrogens is 2. The van der Waals surface area contributed by atoms with Crippen LogP contribution in [-0.2, 0) is 17.1 Å². The summed E-state index contributed by atoms with van der Waals surface area (Å²) in [6.45, 7) is 0. The molecule has 8 bridgehead atoms. The molecule has 37 heavy (non-hydrogen) atoms. The Morgan fingerprint density at radius 3 is 1.46 bits per heavy atom. The summed E-state index contributed by atoms with van der Waals surface area (Å²) in [6.07, 6.45) is 4.09. The summed E-state index contributed by atoms with van der Waals surface area (Å²) in [5.74, 6) is 0. The molecule has 2 N–H and O–H groups in total. The van der Waals surface area contributed by atoms with E-state index in [2.05, 4.69) is 107 Å². The van der Waals surface area contributed by atoms with E-state index in [0.717, 1.165) is 67.1 Å². The zero-order valence-electron chi connectivity index (χ0n) is 19.8. The van der Waals surface area contributed by atoms with Gasteiger partial charge in [-0.1, -0.05) is 60.7 Å². The molecule has 2 aliphatic heterocycles. The van der Waals surface area contributed by atoms with Crippen LogP contribution in [0.5, 0.6) is 0 Å². The molecular formula is C32H22MnN4. The largest absolute Gasteiger partial charge is 0.355 e. The first kappa shape index (κ1) is 23.0. The molecule has 2 aromatic carbocycles. The molecule has 0 fully saturated rings. The number of nitrogens with zero attached hydrogens (tertiary/aromatic N) is 2. The third-order valence-corrected chi connectivity index (χ3v) is 6.46. The van der Waals surface area contributed by atoms with E-state index in [0.29, 0.717) is 0 Å². The number of hydrogen-bond donors (Lipinski definition) is 2. The van der Waals surface area contributed by atoms with Gasteiger partial charge in [-0.25, -0.2) is 9.97 Å². The fraction of sp³-hybridized carbons (Fsp3) is 0. The second-order valence-electron chi connectivity index (χ2n) is 8.97. The van der Waals surface area contributed by atoms with Crippen LogP contribution in [-0.4, -0.2) is 19.9 Å². The van der Waals surface area contributed by atoms with Gasteiger partial charge in [-0.2, -0.15) is 0 Å². The number of aromatic amines is 2. The van der Waals surface area contributed by atoms with Crippen LogP contribution in [0.25, 0.3) is 45.4 Å². The third-order valence-electron chi connectivity index (χ3n) is 6.46. The Kier molecular flexibility index (Phi) is 5.93. The molecule has 177 valence electrons. The first-order valence-electron chi connectivity index (χ1n) is 12.0. The Morgan fingerprint density at radius 1 is 0.432 bits per heavy atom. The second-order valence-corrected chi connectivity index (χ2v) is 8.97. The molecule has 5 heteroatoms. The summed E-state index contributed by atoms with van der Waals surface area (Å²) in [4.78, 5) is 17.0. The van der Waals surface area contributed by atoms with E-state index in [9.17, 15) is 0 Å². The van der Waals surface area contributed by atoms with Gasteiger partial charge in [-0.3, -0.25) is 0 Å². The summed E-state index contributed by atoms with van der Waals surface area (Å²) in [5, 5.41) is 0. The minimum absolute atomic E-state index is 0. The van der Waals surface area contributed by atoms with E-state index < -0.39 is 0 Å². The molecule has 0 saturated heterocycles. The van der Waals surface area contributed by atoms with Crippen LogP contribution >= 0.6 is 0 Å². The van der Waals surface area contributed by atoms with Crippen LogP contribution in [0.2, 0.25) is 0 Å². The molecular weight excluding hydrogens is 495 g/mol. The minimum atomic E-state index is 0. The summed E-state index contributed by atoms with van der Waals surface area (Å²) >= 11 is 0. The topological polar surface area (TPSA) is 57.4 Å². The number of rotatable bonds is 2. The minimum Gasteiger partial charge on any atom is -0.355 e. The normalized spacial score (nSPS) is 12.4. The Balaban J connectivity index is 0.00000252. The van der Waals surface area contributed by atoms with Gasteiger partial charge >= 0.3 is 0 Å². The predicted molar refractivity (Wildman–Crippen MR) is 148 cm³/mol. The first-order valence-corrected chi connectivity index (χ1v) is 12.0. The fourth-order valence-electron chi connectivity index (χ4n) is 4.87. The molecule has 3 aromatic heterocycles. The van der Waals surface area contributed by atoms with Gasteiger partial charge in [0.05, 0.1) is 22.8 Å². The maximum Gasteiger partial charge on any atom is 0.0744 e. The standard InChI is InChI=1S/C32H22N4.Mn/c1-3-7-21(8-4-1)31-29-19-27-15-13-25(34-27)17-23-11-12-24(33-23)18-26-14-16-28(35-26)20-30(36-29)32(31)22-9-5-2-6-10-22;/h1-20,33-34H;. The molecule has 0 amide bonds. The summed E-state index contributed by atoms with van der Waals surface area (Å²) in [7, 11) is 0. The Labute approximate surface area is 225 Å². The van der Waals surface area contributed by atoms with Crippen molar-refractivity contribution in [1.82, 2.24) is 19.9 Å². The van der Waals surface area contributed by atoms with Crippen molar-refractivity contribution >= 4 is 45.4 Å². The SMILES string of the molecule is C1=Cc2cc3ccc(cc4ccc(cc5nc(cc1n2)C(c1ccccc1)=C5c1ccccc1)[nH]4)[nH]3.[Mn]. The van der Waals surface area contributed by atoms with E-state index in [1.807, 2.05) is 24.3 Å². The first-order chi connectivity index (χ1) is 17.8. The van der Waals surface area contributed by atoms with Crippen LogP contribution in [0.4, 0.5) is 0 Å². The maximum absolute atomic E-state index is 5.17. The Hall–Kier alpha value is -4.44. The average Bonchev–Trinajstić information content (AvgIpc) is 3.70. The van der Waals surface area contributed by atoms with Gasteiger partial charge < -0.3 is 9.97 Å². The second kappa shape index (κ2) is 9.55. The van der Waals surface area contributed by atoms with E-state index in [-0.39, 0.29) is 17.1 Å². The zero-order valence-corrected chi connectivity index (χ0v) is 21.0. The predicted octanol–water partition coefficient (Wildman–Crippen LogP) is 7.49. The quantitative estimate of drug-likeness (QED) is 0.234. The van der Waals surface area contributed by atoms with Gasteiger partial charge in [0.1, 0.15) is 0 Å². The van der Waals surface area contributed by atoms with Crippen molar-refractivity contribution in [3.05, 3.63) is 143 Å². The van der Waals surface area contributed by atoms with Crippen molar-refractivity contribution in [2.24, 2.45) is 0 Å². The molecule has 5 aromatic rings. The molecule has 7 rings (SSSR count). The maximum atomic E-state index is 5.17. The fourth-order valence-corrected chi connectivity index (χ4v) is 4.87. The number of hydrogen-bond acceptors (Lipinski definition) is 2. The van der Waals surface area contributed by atoms with Crippen LogP contribution in [0.15, 0.2) is 109 Å². The van der Waals surface area contributed by atoms with Crippen molar-refractivity contribution < 1.29 is 17.1 Å². The van der Waals surface area contributed by atoms with Crippen molar-refractivity contribution in [2.75, 3.05) is 0 Å². The van der Waals surface area contributed by atoms with Crippen LogP contribution in [0, 0.1) is 0 Å². The molecule has 5 heterocycles. The van der Waals surface area contributed by atoms with Crippen molar-refractivity contribution in [2.45, 2.75) is 0 Å². The number of benzene rings is 2. The third kappa shape index (κ3) is 4.47. The molecule has 0 aliphatic carbocycles. The van der Waals surface area contributed by atoms with Gasteiger partial charge in [0.25, 0.3) is 0 Å².